The third kappa shape index (κ3) is 3.35. The van der Waals surface area contributed by atoms with Crippen molar-refractivity contribution in [3.63, 3.8) is 0 Å². The van der Waals surface area contributed by atoms with Crippen LogP contribution in [0.4, 0.5) is 11.4 Å². The minimum Gasteiger partial charge on any atom is -0.321 e. The lowest BCUT2D eigenvalue weighted by molar-refractivity contribution is 0.102. The zero-order valence-corrected chi connectivity index (χ0v) is 12.3. The van der Waals surface area contributed by atoms with Crippen molar-refractivity contribution in [1.82, 2.24) is 9.97 Å². The molecule has 0 unspecified atom stereocenters. The Balaban J connectivity index is 2.34. The summed E-state index contributed by atoms with van der Waals surface area (Å²) in [5, 5.41) is 2.84. The zero-order chi connectivity index (χ0) is 15.4. The third-order valence-corrected chi connectivity index (χ3v) is 3.09. The normalized spacial score (nSPS) is 10.5. The molecular weight excluding hydrogens is 266 g/mol. The molecule has 1 aromatic carbocycles. The summed E-state index contributed by atoms with van der Waals surface area (Å²) in [7, 11) is 0. The fourth-order valence-corrected chi connectivity index (χ4v) is 1.85. The Kier molecular flexibility index (Phi) is 4.49. The van der Waals surface area contributed by atoms with Crippen LogP contribution in [0.5, 0.6) is 0 Å². The van der Waals surface area contributed by atoms with Crippen molar-refractivity contribution < 1.29 is 4.79 Å². The SMILES string of the molecule is Cc1ccccc1NC(=O)c1nc(C(C)C)ncc1NN. The van der Waals surface area contributed by atoms with Crippen molar-refractivity contribution in [1.29, 1.82) is 0 Å². The van der Waals surface area contributed by atoms with Crippen LogP contribution in [-0.4, -0.2) is 15.9 Å². The number of nitrogens with two attached hydrogens (primary N) is 1. The molecule has 6 heteroatoms. The summed E-state index contributed by atoms with van der Waals surface area (Å²) in [6.45, 7) is 5.86. The van der Waals surface area contributed by atoms with Gasteiger partial charge in [-0.2, -0.15) is 0 Å². The molecule has 2 aromatic rings. The Hall–Kier alpha value is -2.47. The fourth-order valence-electron chi connectivity index (χ4n) is 1.85. The summed E-state index contributed by atoms with van der Waals surface area (Å²) in [5.41, 5.74) is 4.81. The Morgan fingerprint density at radius 2 is 1.95 bits per heavy atom. The van der Waals surface area contributed by atoms with Gasteiger partial charge in [0.05, 0.1) is 11.9 Å². The van der Waals surface area contributed by atoms with E-state index in [9.17, 15) is 4.79 Å². The van der Waals surface area contributed by atoms with Gasteiger partial charge in [-0.1, -0.05) is 32.0 Å². The first-order valence-corrected chi connectivity index (χ1v) is 6.73. The topological polar surface area (TPSA) is 92.9 Å². The highest BCUT2D eigenvalue weighted by molar-refractivity contribution is 6.06. The van der Waals surface area contributed by atoms with E-state index in [0.29, 0.717) is 11.5 Å². The summed E-state index contributed by atoms with van der Waals surface area (Å²) in [6, 6.07) is 7.55. The molecule has 21 heavy (non-hydrogen) atoms. The molecule has 0 aliphatic rings. The molecule has 0 fully saturated rings. The number of carbonyl (C=O) groups excluding carboxylic acids is 1. The van der Waals surface area contributed by atoms with Gasteiger partial charge in [-0.25, -0.2) is 9.97 Å². The van der Waals surface area contributed by atoms with Gasteiger partial charge >= 0.3 is 0 Å². The number of anilines is 2. The van der Waals surface area contributed by atoms with E-state index in [1.54, 1.807) is 0 Å². The number of rotatable bonds is 4. The first-order valence-electron chi connectivity index (χ1n) is 6.73. The lowest BCUT2D eigenvalue weighted by Gasteiger charge is -2.12. The Labute approximate surface area is 123 Å². The number of aryl methyl sites for hydroxylation is 1. The predicted molar refractivity (Wildman–Crippen MR) is 83.1 cm³/mol. The highest BCUT2D eigenvalue weighted by Gasteiger charge is 2.16. The number of hydrogen-bond donors (Lipinski definition) is 3. The number of amides is 1. The molecule has 1 heterocycles. The highest BCUT2D eigenvalue weighted by Crippen LogP contribution is 2.19. The first-order chi connectivity index (χ1) is 10.0. The van der Waals surface area contributed by atoms with Crippen LogP contribution in [0.15, 0.2) is 30.5 Å². The second-order valence-electron chi connectivity index (χ2n) is 5.06. The molecule has 0 saturated heterocycles. The van der Waals surface area contributed by atoms with E-state index in [-0.39, 0.29) is 17.5 Å². The summed E-state index contributed by atoms with van der Waals surface area (Å²) in [5.74, 6) is 5.84. The Morgan fingerprint density at radius 1 is 1.24 bits per heavy atom. The van der Waals surface area contributed by atoms with E-state index in [1.165, 1.54) is 6.20 Å². The van der Waals surface area contributed by atoms with Gasteiger partial charge in [0.15, 0.2) is 5.69 Å². The molecule has 0 atom stereocenters. The number of benzene rings is 1. The van der Waals surface area contributed by atoms with E-state index < -0.39 is 0 Å². The molecule has 2 rings (SSSR count). The summed E-state index contributed by atoms with van der Waals surface area (Å²) in [4.78, 5) is 20.9. The average Bonchev–Trinajstić information content (AvgIpc) is 2.48. The Morgan fingerprint density at radius 3 is 2.57 bits per heavy atom. The highest BCUT2D eigenvalue weighted by atomic mass is 16.1. The lowest BCUT2D eigenvalue weighted by atomic mass is 10.2. The van der Waals surface area contributed by atoms with Crippen molar-refractivity contribution in [2.75, 3.05) is 10.7 Å². The first kappa shape index (κ1) is 14.9. The molecule has 6 nitrogen and oxygen atoms in total. The minimum absolute atomic E-state index is 0.127. The molecule has 0 aliphatic heterocycles. The van der Waals surface area contributed by atoms with Gasteiger partial charge in [-0.3, -0.25) is 10.6 Å². The van der Waals surface area contributed by atoms with Gasteiger partial charge in [0.2, 0.25) is 0 Å². The van der Waals surface area contributed by atoms with E-state index in [2.05, 4.69) is 20.7 Å². The predicted octanol–water partition coefficient (Wildman–Crippen LogP) is 2.45. The number of nitrogens with zero attached hydrogens (tertiary/aromatic N) is 2. The molecule has 0 spiro atoms. The van der Waals surface area contributed by atoms with Crippen molar-refractivity contribution >= 4 is 17.3 Å². The number of nitrogens with one attached hydrogen (secondary N) is 2. The van der Waals surface area contributed by atoms with Crippen molar-refractivity contribution in [2.45, 2.75) is 26.7 Å². The summed E-state index contributed by atoms with van der Waals surface area (Å²) >= 11 is 0. The van der Waals surface area contributed by atoms with Gasteiger partial charge in [0.1, 0.15) is 5.82 Å². The largest absolute Gasteiger partial charge is 0.321 e. The maximum Gasteiger partial charge on any atom is 0.276 e. The van der Waals surface area contributed by atoms with E-state index in [4.69, 9.17) is 5.84 Å². The number of para-hydroxylation sites is 1. The van der Waals surface area contributed by atoms with E-state index >= 15 is 0 Å². The van der Waals surface area contributed by atoms with Crippen LogP contribution >= 0.6 is 0 Å². The molecule has 1 aromatic heterocycles. The molecule has 0 radical (unpaired) electrons. The van der Waals surface area contributed by atoms with Gasteiger partial charge in [-0.05, 0) is 18.6 Å². The maximum absolute atomic E-state index is 12.4. The second kappa shape index (κ2) is 6.32. The van der Waals surface area contributed by atoms with Crippen LogP contribution in [0.1, 0.15) is 41.6 Å². The number of nitrogen functional groups attached to an aromatic ring is 1. The lowest BCUT2D eigenvalue weighted by Crippen LogP contribution is -2.21. The average molecular weight is 285 g/mol. The van der Waals surface area contributed by atoms with Crippen LogP contribution in [-0.2, 0) is 0 Å². The van der Waals surface area contributed by atoms with Gasteiger partial charge in [0, 0.05) is 11.6 Å². The molecule has 0 bridgehead atoms. The smallest absolute Gasteiger partial charge is 0.276 e. The Bertz CT molecular complexity index is 654. The second-order valence-corrected chi connectivity index (χ2v) is 5.06. The van der Waals surface area contributed by atoms with Crippen LogP contribution in [0.3, 0.4) is 0 Å². The quantitative estimate of drug-likeness (QED) is 0.592. The number of aromatic nitrogens is 2. The molecule has 0 aliphatic carbocycles. The van der Waals surface area contributed by atoms with Crippen molar-refractivity contribution in [2.24, 2.45) is 5.84 Å². The third-order valence-electron chi connectivity index (χ3n) is 3.09. The van der Waals surface area contributed by atoms with E-state index in [0.717, 1.165) is 11.3 Å². The van der Waals surface area contributed by atoms with Gasteiger partial charge in [0.25, 0.3) is 5.91 Å². The molecular formula is C15H19N5O. The minimum atomic E-state index is -0.318. The van der Waals surface area contributed by atoms with Crippen LogP contribution in [0.2, 0.25) is 0 Å². The summed E-state index contributed by atoms with van der Waals surface area (Å²) in [6.07, 6.45) is 1.52. The molecule has 0 saturated carbocycles. The number of hydrazine groups is 1. The molecule has 4 N–H and O–H groups in total. The van der Waals surface area contributed by atoms with Crippen molar-refractivity contribution in [3.8, 4) is 0 Å². The van der Waals surface area contributed by atoms with E-state index in [1.807, 2.05) is 45.0 Å². The molecule has 110 valence electrons. The van der Waals surface area contributed by atoms with Crippen LogP contribution in [0.25, 0.3) is 0 Å². The fraction of sp³-hybridized carbons (Fsp3) is 0.267. The number of carbonyl (C=O) groups is 1. The maximum atomic E-state index is 12.4. The monoisotopic (exact) mass is 285 g/mol. The number of hydrogen-bond acceptors (Lipinski definition) is 5. The van der Waals surface area contributed by atoms with Crippen LogP contribution in [0, 0.1) is 6.92 Å². The zero-order valence-electron chi connectivity index (χ0n) is 12.3. The van der Waals surface area contributed by atoms with Gasteiger partial charge in [-0.15, -0.1) is 0 Å². The molecule has 1 amide bonds. The van der Waals surface area contributed by atoms with Crippen molar-refractivity contribution in [3.05, 3.63) is 47.5 Å². The summed E-state index contributed by atoms with van der Waals surface area (Å²) < 4.78 is 0. The van der Waals surface area contributed by atoms with Crippen LogP contribution < -0.4 is 16.6 Å². The standard InChI is InChI=1S/C15H19N5O/c1-9(2)14-17-8-12(20-16)13(19-14)15(21)18-11-7-5-4-6-10(11)3/h4-9,20H,16H2,1-3H3,(H,18,21). The van der Waals surface area contributed by atoms with Gasteiger partial charge < -0.3 is 10.7 Å².